The molecule has 0 saturated heterocycles. The summed E-state index contributed by atoms with van der Waals surface area (Å²) < 4.78 is 10.4. The highest BCUT2D eigenvalue weighted by Gasteiger charge is 2.11. The van der Waals surface area contributed by atoms with Crippen LogP contribution in [0.15, 0.2) is 36.6 Å². The highest BCUT2D eigenvalue weighted by molar-refractivity contribution is 6.01. The lowest BCUT2D eigenvalue weighted by molar-refractivity contribution is -0.122. The zero-order valence-electron chi connectivity index (χ0n) is 12.9. The van der Waals surface area contributed by atoms with Gasteiger partial charge in [0, 0.05) is 13.5 Å². The molecule has 0 radical (unpaired) electrons. The van der Waals surface area contributed by atoms with Crippen molar-refractivity contribution < 1.29 is 19.1 Å². The molecule has 6 nitrogen and oxygen atoms in total. The topological polar surface area (TPSA) is 76.7 Å². The predicted molar refractivity (Wildman–Crippen MR) is 84.5 cm³/mol. The summed E-state index contributed by atoms with van der Waals surface area (Å²) in [6.45, 7) is 5.17. The first-order valence-corrected chi connectivity index (χ1v) is 6.62. The number of ether oxygens (including phenoxy) is 2. The van der Waals surface area contributed by atoms with Crippen molar-refractivity contribution in [3.63, 3.8) is 0 Å². The lowest BCUT2D eigenvalue weighted by Gasteiger charge is -2.10. The third-order valence-corrected chi connectivity index (χ3v) is 2.68. The molecule has 1 aromatic rings. The molecule has 2 amide bonds. The van der Waals surface area contributed by atoms with E-state index in [0.29, 0.717) is 23.6 Å². The van der Waals surface area contributed by atoms with Crippen molar-refractivity contribution in [2.75, 3.05) is 20.8 Å². The van der Waals surface area contributed by atoms with Crippen molar-refractivity contribution in [2.45, 2.75) is 6.92 Å². The summed E-state index contributed by atoms with van der Waals surface area (Å²) in [4.78, 5) is 23.3. The van der Waals surface area contributed by atoms with Crippen molar-refractivity contribution in [2.24, 2.45) is 0 Å². The maximum Gasteiger partial charge on any atom is 0.268 e. The third kappa shape index (κ3) is 4.97. The van der Waals surface area contributed by atoms with E-state index in [2.05, 4.69) is 17.2 Å². The minimum Gasteiger partial charge on any atom is -0.493 e. The number of hydrogen-bond donors (Lipinski definition) is 2. The Bertz CT molecular complexity index is 594. The van der Waals surface area contributed by atoms with Crippen LogP contribution in [-0.4, -0.2) is 32.6 Å². The molecule has 0 saturated carbocycles. The van der Waals surface area contributed by atoms with Gasteiger partial charge in [0.05, 0.1) is 14.2 Å². The van der Waals surface area contributed by atoms with Gasteiger partial charge in [-0.3, -0.25) is 9.59 Å². The van der Waals surface area contributed by atoms with E-state index in [-0.39, 0.29) is 11.6 Å². The van der Waals surface area contributed by atoms with Crippen LogP contribution in [-0.2, 0) is 9.59 Å². The van der Waals surface area contributed by atoms with Gasteiger partial charge in [-0.1, -0.05) is 12.1 Å². The van der Waals surface area contributed by atoms with Gasteiger partial charge in [0.1, 0.15) is 5.70 Å². The molecule has 6 heteroatoms. The minimum absolute atomic E-state index is 0.140. The Balaban J connectivity index is 3.12. The van der Waals surface area contributed by atoms with Crippen molar-refractivity contribution in [3.05, 3.63) is 42.1 Å². The van der Waals surface area contributed by atoms with Crippen LogP contribution in [0, 0.1) is 0 Å². The zero-order valence-corrected chi connectivity index (χ0v) is 12.9. The van der Waals surface area contributed by atoms with Crippen LogP contribution in [0.25, 0.3) is 6.08 Å². The monoisotopic (exact) mass is 304 g/mol. The van der Waals surface area contributed by atoms with Crippen molar-refractivity contribution >= 4 is 17.9 Å². The fraction of sp³-hybridized carbons (Fsp3) is 0.250. The largest absolute Gasteiger partial charge is 0.493 e. The molecule has 0 aliphatic carbocycles. The third-order valence-electron chi connectivity index (χ3n) is 2.68. The maximum atomic E-state index is 12.0. The lowest BCUT2D eigenvalue weighted by Crippen LogP contribution is -2.33. The molecular formula is C16H20N2O4. The Kier molecular flexibility index (Phi) is 6.69. The van der Waals surface area contributed by atoms with E-state index in [9.17, 15) is 9.59 Å². The van der Waals surface area contributed by atoms with Crippen molar-refractivity contribution in [1.82, 2.24) is 10.6 Å². The predicted octanol–water partition coefficient (Wildman–Crippen LogP) is 1.48. The van der Waals surface area contributed by atoms with Crippen molar-refractivity contribution in [3.8, 4) is 11.5 Å². The van der Waals surface area contributed by atoms with Gasteiger partial charge in [-0.15, -0.1) is 6.58 Å². The van der Waals surface area contributed by atoms with Gasteiger partial charge in [-0.25, -0.2) is 0 Å². The summed E-state index contributed by atoms with van der Waals surface area (Å²) in [5.74, 6) is 0.382. The average Bonchev–Trinajstić information content (AvgIpc) is 2.51. The molecule has 0 heterocycles. The summed E-state index contributed by atoms with van der Waals surface area (Å²) in [5.41, 5.74) is 0.830. The van der Waals surface area contributed by atoms with E-state index >= 15 is 0 Å². The molecule has 0 spiro atoms. The zero-order chi connectivity index (χ0) is 16.5. The standard InChI is InChI=1S/C16H20N2O4/c1-5-8-17-16(20)13(18-11(2)19)9-12-6-7-14(21-3)15(10-12)22-4/h5-7,9-10H,1,8H2,2-4H3,(H,17,20)(H,18,19)/b13-9-. The molecule has 0 aliphatic rings. The number of amides is 2. The molecule has 22 heavy (non-hydrogen) atoms. The van der Waals surface area contributed by atoms with Crippen LogP contribution in [0.3, 0.4) is 0 Å². The number of carbonyl (C=O) groups is 2. The van der Waals surface area contributed by atoms with E-state index in [1.54, 1.807) is 37.5 Å². The van der Waals surface area contributed by atoms with Gasteiger partial charge in [0.25, 0.3) is 5.91 Å². The maximum absolute atomic E-state index is 12.0. The molecule has 0 unspecified atom stereocenters. The fourth-order valence-electron chi connectivity index (χ4n) is 1.72. The van der Waals surface area contributed by atoms with Crippen molar-refractivity contribution in [1.29, 1.82) is 0 Å². The van der Waals surface area contributed by atoms with Crippen LogP contribution >= 0.6 is 0 Å². The van der Waals surface area contributed by atoms with E-state index in [1.165, 1.54) is 14.0 Å². The molecule has 2 N–H and O–H groups in total. The van der Waals surface area contributed by atoms with E-state index in [1.807, 2.05) is 0 Å². The average molecular weight is 304 g/mol. The summed E-state index contributed by atoms with van der Waals surface area (Å²) in [5, 5.41) is 5.12. The first kappa shape index (κ1) is 17.3. The SMILES string of the molecule is C=CCNC(=O)/C(=C/c1ccc(OC)c(OC)c1)NC(C)=O. The second-order valence-corrected chi connectivity index (χ2v) is 4.35. The first-order chi connectivity index (χ1) is 10.5. The summed E-state index contributed by atoms with van der Waals surface area (Å²) in [6, 6.07) is 5.18. The van der Waals surface area contributed by atoms with Gasteiger partial charge in [-0.05, 0) is 23.8 Å². The van der Waals surface area contributed by atoms with Crippen LogP contribution in [0.4, 0.5) is 0 Å². The normalized spacial score (nSPS) is 10.6. The lowest BCUT2D eigenvalue weighted by atomic mass is 10.1. The second-order valence-electron chi connectivity index (χ2n) is 4.35. The minimum atomic E-state index is -0.398. The summed E-state index contributed by atoms with van der Waals surface area (Å²) in [6.07, 6.45) is 3.11. The highest BCUT2D eigenvalue weighted by atomic mass is 16.5. The quantitative estimate of drug-likeness (QED) is 0.591. The second kappa shape index (κ2) is 8.51. The highest BCUT2D eigenvalue weighted by Crippen LogP contribution is 2.28. The molecule has 0 aromatic heterocycles. The van der Waals surface area contributed by atoms with Gasteiger partial charge >= 0.3 is 0 Å². The van der Waals surface area contributed by atoms with Crippen LogP contribution in [0.5, 0.6) is 11.5 Å². The Labute approximate surface area is 129 Å². The summed E-state index contributed by atoms with van der Waals surface area (Å²) in [7, 11) is 3.07. The van der Waals surface area contributed by atoms with Gasteiger partial charge < -0.3 is 20.1 Å². The smallest absolute Gasteiger partial charge is 0.268 e. The number of nitrogens with one attached hydrogen (secondary N) is 2. The molecule has 0 fully saturated rings. The van der Waals surface area contributed by atoms with Gasteiger partial charge in [0.2, 0.25) is 5.91 Å². The molecule has 0 bridgehead atoms. The fourth-order valence-corrected chi connectivity index (χ4v) is 1.72. The number of carbonyl (C=O) groups excluding carboxylic acids is 2. The number of hydrogen-bond acceptors (Lipinski definition) is 4. The molecule has 118 valence electrons. The number of rotatable bonds is 7. The number of methoxy groups -OCH3 is 2. The Morgan fingerprint density at radius 3 is 2.45 bits per heavy atom. The molecule has 1 aromatic carbocycles. The van der Waals surface area contributed by atoms with Gasteiger partial charge in [0.15, 0.2) is 11.5 Å². The van der Waals surface area contributed by atoms with Crippen LogP contribution < -0.4 is 20.1 Å². The van der Waals surface area contributed by atoms with E-state index in [4.69, 9.17) is 9.47 Å². The molecule has 0 aliphatic heterocycles. The molecular weight excluding hydrogens is 284 g/mol. The Morgan fingerprint density at radius 1 is 1.23 bits per heavy atom. The Hall–Kier alpha value is -2.76. The van der Waals surface area contributed by atoms with Crippen LogP contribution in [0.1, 0.15) is 12.5 Å². The van der Waals surface area contributed by atoms with E-state index in [0.717, 1.165) is 0 Å². The Morgan fingerprint density at radius 2 is 1.91 bits per heavy atom. The van der Waals surface area contributed by atoms with Gasteiger partial charge in [-0.2, -0.15) is 0 Å². The number of benzene rings is 1. The molecule has 0 atom stereocenters. The first-order valence-electron chi connectivity index (χ1n) is 6.62. The molecule has 1 rings (SSSR count). The van der Waals surface area contributed by atoms with E-state index < -0.39 is 5.91 Å². The summed E-state index contributed by atoms with van der Waals surface area (Å²) >= 11 is 0. The van der Waals surface area contributed by atoms with Crippen LogP contribution in [0.2, 0.25) is 0 Å².